The number of nitrogens with one attached hydrogen (secondary N) is 1. The highest BCUT2D eigenvalue weighted by molar-refractivity contribution is 7.19. The molecule has 0 spiro atoms. The highest BCUT2D eigenvalue weighted by Crippen LogP contribution is 2.33. The first-order valence-electron chi connectivity index (χ1n) is 6.43. The van der Waals surface area contributed by atoms with Crippen molar-refractivity contribution in [3.8, 4) is 10.4 Å². The summed E-state index contributed by atoms with van der Waals surface area (Å²) >= 11 is 1.51. The fourth-order valence-electron chi connectivity index (χ4n) is 2.09. The van der Waals surface area contributed by atoms with E-state index in [-0.39, 0.29) is 11.8 Å². The number of aryl methyl sites for hydroxylation is 1. The Morgan fingerprint density at radius 1 is 1.47 bits per heavy atom. The van der Waals surface area contributed by atoms with Crippen LogP contribution in [0.4, 0.5) is 5.13 Å². The average Bonchev–Trinajstić information content (AvgIpc) is 2.69. The Morgan fingerprint density at radius 3 is 2.95 bits per heavy atom. The number of amides is 1. The Hall–Kier alpha value is -1.75. The summed E-state index contributed by atoms with van der Waals surface area (Å²) in [6.45, 7) is 1.96. The molecular formula is C14H15N3OS. The van der Waals surface area contributed by atoms with Crippen molar-refractivity contribution < 1.29 is 4.79 Å². The molecule has 2 aromatic heterocycles. The number of nitrogens with zero attached hydrogens (tertiary/aromatic N) is 2. The molecule has 19 heavy (non-hydrogen) atoms. The third-order valence-electron chi connectivity index (χ3n) is 3.43. The monoisotopic (exact) mass is 273 g/mol. The van der Waals surface area contributed by atoms with E-state index in [0.29, 0.717) is 5.13 Å². The van der Waals surface area contributed by atoms with Gasteiger partial charge in [-0.15, -0.1) is 0 Å². The van der Waals surface area contributed by atoms with Crippen molar-refractivity contribution in [2.75, 3.05) is 5.32 Å². The number of rotatable bonds is 3. The summed E-state index contributed by atoms with van der Waals surface area (Å²) in [5, 5.41) is 3.61. The maximum Gasteiger partial charge on any atom is 0.229 e. The highest BCUT2D eigenvalue weighted by atomic mass is 32.1. The van der Waals surface area contributed by atoms with Crippen molar-refractivity contribution in [3.63, 3.8) is 0 Å². The van der Waals surface area contributed by atoms with E-state index in [2.05, 4.69) is 15.3 Å². The maximum absolute atomic E-state index is 11.9. The normalized spacial score (nSPS) is 15.0. The molecule has 1 fully saturated rings. The quantitative estimate of drug-likeness (QED) is 0.934. The molecule has 0 bridgehead atoms. The number of aromatic nitrogens is 2. The first-order valence-corrected chi connectivity index (χ1v) is 7.24. The van der Waals surface area contributed by atoms with Gasteiger partial charge in [0.05, 0.1) is 10.6 Å². The lowest BCUT2D eigenvalue weighted by atomic mass is 9.85. The fourth-order valence-corrected chi connectivity index (χ4v) is 3.05. The van der Waals surface area contributed by atoms with Crippen molar-refractivity contribution in [3.05, 3.63) is 30.2 Å². The molecule has 0 radical (unpaired) electrons. The van der Waals surface area contributed by atoms with Crippen LogP contribution in [0.1, 0.15) is 25.0 Å². The SMILES string of the molecule is Cc1nc(NC(=O)C2CCC2)sc1-c1cccnc1. The Kier molecular flexibility index (Phi) is 3.29. The summed E-state index contributed by atoms with van der Waals surface area (Å²) in [6, 6.07) is 3.91. The van der Waals surface area contributed by atoms with Crippen molar-refractivity contribution >= 4 is 22.4 Å². The first kappa shape index (κ1) is 12.3. The molecule has 1 saturated carbocycles. The smallest absolute Gasteiger partial charge is 0.229 e. The Labute approximate surface area is 115 Å². The lowest BCUT2D eigenvalue weighted by Gasteiger charge is -2.23. The van der Waals surface area contributed by atoms with Crippen LogP contribution in [-0.4, -0.2) is 15.9 Å². The summed E-state index contributed by atoms with van der Waals surface area (Å²) in [5.41, 5.74) is 1.98. The number of pyridine rings is 1. The van der Waals surface area contributed by atoms with Crippen LogP contribution >= 0.6 is 11.3 Å². The van der Waals surface area contributed by atoms with Crippen LogP contribution in [0.2, 0.25) is 0 Å². The lowest BCUT2D eigenvalue weighted by Crippen LogP contribution is -2.27. The van der Waals surface area contributed by atoms with Gasteiger partial charge in [0.15, 0.2) is 5.13 Å². The van der Waals surface area contributed by atoms with E-state index in [1.807, 2.05) is 25.3 Å². The summed E-state index contributed by atoms with van der Waals surface area (Å²) in [5.74, 6) is 0.295. The van der Waals surface area contributed by atoms with Gasteiger partial charge in [0.1, 0.15) is 0 Å². The molecule has 0 aliphatic heterocycles. The number of hydrogen-bond acceptors (Lipinski definition) is 4. The third-order valence-corrected chi connectivity index (χ3v) is 4.55. The Bertz CT molecular complexity index is 590. The van der Waals surface area contributed by atoms with Crippen molar-refractivity contribution in [2.24, 2.45) is 5.92 Å². The minimum atomic E-state index is 0.109. The van der Waals surface area contributed by atoms with Crippen LogP contribution in [0.5, 0.6) is 0 Å². The van der Waals surface area contributed by atoms with Crippen molar-refractivity contribution in [2.45, 2.75) is 26.2 Å². The second-order valence-electron chi connectivity index (χ2n) is 4.79. The van der Waals surface area contributed by atoms with Crippen LogP contribution < -0.4 is 5.32 Å². The molecule has 1 amide bonds. The van der Waals surface area contributed by atoms with Crippen LogP contribution in [0.3, 0.4) is 0 Å². The largest absolute Gasteiger partial charge is 0.302 e. The number of carbonyl (C=O) groups is 1. The van der Waals surface area contributed by atoms with Crippen molar-refractivity contribution in [1.82, 2.24) is 9.97 Å². The van der Waals surface area contributed by atoms with Crippen LogP contribution in [0.15, 0.2) is 24.5 Å². The van der Waals surface area contributed by atoms with Gasteiger partial charge in [-0.05, 0) is 25.8 Å². The number of thiazole rings is 1. The fraction of sp³-hybridized carbons (Fsp3) is 0.357. The zero-order valence-corrected chi connectivity index (χ0v) is 11.5. The minimum Gasteiger partial charge on any atom is -0.302 e. The molecule has 98 valence electrons. The number of hydrogen-bond donors (Lipinski definition) is 1. The molecular weight excluding hydrogens is 258 g/mol. The number of carbonyl (C=O) groups excluding carboxylic acids is 1. The molecule has 3 rings (SSSR count). The lowest BCUT2D eigenvalue weighted by molar-refractivity contribution is -0.122. The molecule has 4 nitrogen and oxygen atoms in total. The Balaban J connectivity index is 1.79. The van der Waals surface area contributed by atoms with Gasteiger partial charge in [0, 0.05) is 23.9 Å². The van der Waals surface area contributed by atoms with Crippen LogP contribution in [-0.2, 0) is 4.79 Å². The molecule has 0 unspecified atom stereocenters. The van der Waals surface area contributed by atoms with Gasteiger partial charge in [-0.1, -0.05) is 23.8 Å². The van der Waals surface area contributed by atoms with Gasteiger partial charge in [-0.2, -0.15) is 0 Å². The molecule has 2 aromatic rings. The topological polar surface area (TPSA) is 54.9 Å². The van der Waals surface area contributed by atoms with E-state index in [0.717, 1.165) is 35.4 Å². The molecule has 1 aliphatic rings. The molecule has 0 atom stereocenters. The predicted octanol–water partition coefficient (Wildman–Crippen LogP) is 3.25. The zero-order valence-electron chi connectivity index (χ0n) is 10.7. The molecule has 0 aromatic carbocycles. The summed E-state index contributed by atoms with van der Waals surface area (Å²) in [6.07, 6.45) is 6.74. The van der Waals surface area contributed by atoms with E-state index >= 15 is 0 Å². The Morgan fingerprint density at radius 2 is 2.32 bits per heavy atom. The van der Waals surface area contributed by atoms with E-state index in [1.54, 1.807) is 6.20 Å². The maximum atomic E-state index is 11.9. The van der Waals surface area contributed by atoms with Gasteiger partial charge in [-0.25, -0.2) is 4.98 Å². The second-order valence-corrected chi connectivity index (χ2v) is 5.79. The molecule has 2 heterocycles. The number of anilines is 1. The van der Waals surface area contributed by atoms with E-state index in [1.165, 1.54) is 11.3 Å². The van der Waals surface area contributed by atoms with Crippen molar-refractivity contribution in [1.29, 1.82) is 0 Å². The van der Waals surface area contributed by atoms with Gasteiger partial charge >= 0.3 is 0 Å². The average molecular weight is 273 g/mol. The zero-order chi connectivity index (χ0) is 13.2. The standard InChI is InChI=1S/C14H15N3OS/c1-9-12(11-6-3-7-15-8-11)19-14(16-9)17-13(18)10-4-2-5-10/h3,6-8,10H,2,4-5H2,1H3,(H,16,17,18). The summed E-state index contributed by atoms with van der Waals surface area (Å²) < 4.78 is 0. The van der Waals surface area contributed by atoms with Gasteiger partial charge in [0.2, 0.25) is 5.91 Å². The molecule has 0 saturated heterocycles. The summed E-state index contributed by atoms with van der Waals surface area (Å²) in [7, 11) is 0. The van der Waals surface area contributed by atoms with Crippen LogP contribution in [0, 0.1) is 12.8 Å². The highest BCUT2D eigenvalue weighted by Gasteiger charge is 2.26. The predicted molar refractivity (Wildman–Crippen MR) is 76.1 cm³/mol. The molecule has 1 aliphatic carbocycles. The van der Waals surface area contributed by atoms with Gasteiger partial charge in [-0.3, -0.25) is 9.78 Å². The minimum absolute atomic E-state index is 0.109. The van der Waals surface area contributed by atoms with E-state index in [4.69, 9.17) is 0 Å². The molecule has 1 N–H and O–H groups in total. The van der Waals surface area contributed by atoms with Gasteiger partial charge < -0.3 is 5.32 Å². The summed E-state index contributed by atoms with van der Waals surface area (Å²) in [4.78, 5) is 21.5. The van der Waals surface area contributed by atoms with Gasteiger partial charge in [0.25, 0.3) is 0 Å². The first-order chi connectivity index (χ1) is 9.24. The third kappa shape index (κ3) is 2.51. The van der Waals surface area contributed by atoms with Crippen LogP contribution in [0.25, 0.3) is 10.4 Å². The second kappa shape index (κ2) is 5.09. The van der Waals surface area contributed by atoms with E-state index in [9.17, 15) is 4.79 Å². The molecule has 5 heteroatoms. The van der Waals surface area contributed by atoms with E-state index < -0.39 is 0 Å².